The molecule has 0 aliphatic heterocycles. The van der Waals surface area contributed by atoms with Crippen molar-refractivity contribution < 1.29 is 27.2 Å². The van der Waals surface area contributed by atoms with E-state index in [-0.39, 0.29) is 35.7 Å². The van der Waals surface area contributed by atoms with Crippen molar-refractivity contribution >= 4 is 11.6 Å². The van der Waals surface area contributed by atoms with Gasteiger partial charge in [-0.2, -0.15) is 23.4 Å². The molecule has 0 bridgehead atoms. The van der Waals surface area contributed by atoms with Gasteiger partial charge in [0, 0.05) is 24.9 Å². The largest absolute Gasteiger partial charge is 0.483 e. The number of nitriles is 1. The highest BCUT2D eigenvalue weighted by Crippen LogP contribution is 2.25. The Bertz CT molecular complexity index is 828. The fourth-order valence-corrected chi connectivity index (χ4v) is 2.14. The van der Waals surface area contributed by atoms with E-state index in [0.717, 1.165) is 6.42 Å². The number of nitrogens with zero attached hydrogens (tertiary/aromatic N) is 3. The number of hydrogen-bond donors (Lipinski definition) is 1. The molecule has 27 heavy (non-hydrogen) atoms. The first-order chi connectivity index (χ1) is 12.8. The minimum absolute atomic E-state index is 0.0714. The highest BCUT2D eigenvalue weighted by molar-refractivity contribution is 5.91. The standard InChI is InChI=1S/C17H17F3N4O3/c1-2-3-14-23-16(27-24-14)7-6-15(25)22-12-4-5-13(11(8-12)9-21)26-10-17(18,19)20/h4-5,8H,2-3,6-7,10H2,1H3,(H,22,25). The molecule has 0 aliphatic rings. The average molecular weight is 382 g/mol. The SMILES string of the molecule is CCCc1noc(CCC(=O)Nc2ccc(OCC(F)(F)F)c(C#N)c2)n1. The van der Waals surface area contributed by atoms with Crippen LogP contribution >= 0.6 is 0 Å². The van der Waals surface area contributed by atoms with E-state index in [2.05, 4.69) is 20.2 Å². The molecule has 0 saturated carbocycles. The lowest BCUT2D eigenvalue weighted by Crippen LogP contribution is -2.19. The Hall–Kier alpha value is -3.09. The predicted octanol–water partition coefficient (Wildman–Crippen LogP) is 3.41. The Labute approximate surface area is 153 Å². The van der Waals surface area contributed by atoms with E-state index in [1.807, 2.05) is 6.92 Å². The summed E-state index contributed by atoms with van der Waals surface area (Å²) in [5.41, 5.74) is 0.159. The van der Waals surface area contributed by atoms with E-state index in [0.29, 0.717) is 18.1 Å². The number of ether oxygens (including phenoxy) is 1. The molecular formula is C17H17F3N4O3. The molecule has 1 aromatic carbocycles. The third kappa shape index (κ3) is 6.62. The number of carbonyl (C=O) groups excluding carboxylic acids is 1. The van der Waals surface area contributed by atoms with E-state index in [9.17, 15) is 18.0 Å². The van der Waals surface area contributed by atoms with Crippen LogP contribution < -0.4 is 10.1 Å². The van der Waals surface area contributed by atoms with E-state index in [1.165, 1.54) is 18.2 Å². The average Bonchev–Trinajstić information content (AvgIpc) is 3.06. The van der Waals surface area contributed by atoms with Gasteiger partial charge < -0.3 is 14.6 Å². The molecule has 0 unspecified atom stereocenters. The number of aryl methyl sites for hydroxylation is 2. The summed E-state index contributed by atoms with van der Waals surface area (Å²) in [5.74, 6) is 0.364. The van der Waals surface area contributed by atoms with Crippen molar-refractivity contribution in [2.45, 2.75) is 38.8 Å². The number of nitrogens with one attached hydrogen (secondary N) is 1. The lowest BCUT2D eigenvalue weighted by molar-refractivity contribution is -0.153. The Balaban J connectivity index is 1.91. The highest BCUT2D eigenvalue weighted by atomic mass is 19.4. The molecule has 144 valence electrons. The fraction of sp³-hybridized carbons (Fsp3) is 0.412. The monoisotopic (exact) mass is 382 g/mol. The molecule has 0 radical (unpaired) electrons. The van der Waals surface area contributed by atoms with Crippen LogP contribution in [0.5, 0.6) is 5.75 Å². The lowest BCUT2D eigenvalue weighted by Gasteiger charge is -2.11. The summed E-state index contributed by atoms with van der Waals surface area (Å²) in [7, 11) is 0. The van der Waals surface area contributed by atoms with Gasteiger partial charge in [0.15, 0.2) is 12.4 Å². The molecular weight excluding hydrogens is 365 g/mol. The summed E-state index contributed by atoms with van der Waals surface area (Å²) in [5, 5.41) is 15.4. The Kier molecular flexibility index (Phi) is 6.76. The van der Waals surface area contributed by atoms with Crippen molar-refractivity contribution in [1.29, 1.82) is 5.26 Å². The summed E-state index contributed by atoms with van der Waals surface area (Å²) in [4.78, 5) is 16.1. The topological polar surface area (TPSA) is 101 Å². The number of carbonyl (C=O) groups is 1. The fourth-order valence-electron chi connectivity index (χ4n) is 2.14. The Morgan fingerprint density at radius 2 is 2.15 bits per heavy atom. The first-order valence-corrected chi connectivity index (χ1v) is 8.15. The number of hydrogen-bond acceptors (Lipinski definition) is 6. The van der Waals surface area contributed by atoms with E-state index < -0.39 is 12.8 Å². The third-order valence-corrected chi connectivity index (χ3v) is 3.32. The molecule has 0 fully saturated rings. The smallest absolute Gasteiger partial charge is 0.422 e. The second-order valence-corrected chi connectivity index (χ2v) is 5.63. The molecule has 1 N–H and O–H groups in total. The molecule has 1 heterocycles. The minimum atomic E-state index is -4.51. The molecule has 0 saturated heterocycles. The van der Waals surface area contributed by atoms with Gasteiger partial charge in [-0.1, -0.05) is 12.1 Å². The molecule has 10 heteroatoms. The Morgan fingerprint density at radius 3 is 2.81 bits per heavy atom. The van der Waals surface area contributed by atoms with Gasteiger partial charge in [0.1, 0.15) is 11.8 Å². The van der Waals surface area contributed by atoms with Crippen LogP contribution in [0.2, 0.25) is 0 Å². The predicted molar refractivity (Wildman–Crippen MR) is 88.0 cm³/mol. The van der Waals surface area contributed by atoms with Gasteiger partial charge in [0.2, 0.25) is 11.8 Å². The van der Waals surface area contributed by atoms with E-state index in [1.54, 1.807) is 6.07 Å². The van der Waals surface area contributed by atoms with Crippen molar-refractivity contribution in [1.82, 2.24) is 10.1 Å². The molecule has 7 nitrogen and oxygen atoms in total. The van der Waals surface area contributed by atoms with Crippen LogP contribution in [0, 0.1) is 11.3 Å². The molecule has 2 aromatic rings. The highest BCUT2D eigenvalue weighted by Gasteiger charge is 2.28. The maximum Gasteiger partial charge on any atom is 0.422 e. The van der Waals surface area contributed by atoms with Gasteiger partial charge in [0.25, 0.3) is 0 Å². The zero-order valence-electron chi connectivity index (χ0n) is 14.5. The molecule has 0 aliphatic carbocycles. The van der Waals surface area contributed by atoms with Gasteiger partial charge in [-0.3, -0.25) is 4.79 Å². The van der Waals surface area contributed by atoms with Crippen LogP contribution in [0.4, 0.5) is 18.9 Å². The summed E-state index contributed by atoms with van der Waals surface area (Å²) >= 11 is 0. The van der Waals surface area contributed by atoms with Crippen molar-refractivity contribution in [3.8, 4) is 11.8 Å². The number of amides is 1. The first kappa shape index (κ1) is 20.2. The van der Waals surface area contributed by atoms with Gasteiger partial charge in [-0.15, -0.1) is 0 Å². The maximum atomic E-state index is 12.2. The van der Waals surface area contributed by atoms with Crippen molar-refractivity contribution in [2.75, 3.05) is 11.9 Å². The lowest BCUT2D eigenvalue weighted by atomic mass is 10.2. The molecule has 1 aromatic heterocycles. The normalized spacial score (nSPS) is 11.1. The second kappa shape index (κ2) is 9.02. The number of aromatic nitrogens is 2. The minimum Gasteiger partial charge on any atom is -0.483 e. The first-order valence-electron chi connectivity index (χ1n) is 8.15. The van der Waals surface area contributed by atoms with Crippen LogP contribution in [0.1, 0.15) is 37.0 Å². The number of alkyl halides is 3. The van der Waals surface area contributed by atoms with E-state index >= 15 is 0 Å². The summed E-state index contributed by atoms with van der Waals surface area (Å²) in [6.07, 6.45) is -2.62. The quantitative estimate of drug-likeness (QED) is 0.751. The molecule has 2 rings (SSSR count). The van der Waals surface area contributed by atoms with E-state index in [4.69, 9.17) is 9.78 Å². The molecule has 1 amide bonds. The van der Waals surface area contributed by atoms with Gasteiger partial charge in [-0.25, -0.2) is 0 Å². The number of benzene rings is 1. The van der Waals surface area contributed by atoms with Crippen molar-refractivity contribution in [3.05, 3.63) is 35.5 Å². The van der Waals surface area contributed by atoms with Crippen LogP contribution in [0.15, 0.2) is 22.7 Å². The number of rotatable bonds is 8. The van der Waals surface area contributed by atoms with Crippen LogP contribution in [0.3, 0.4) is 0 Å². The second-order valence-electron chi connectivity index (χ2n) is 5.63. The number of halogens is 3. The van der Waals surface area contributed by atoms with Crippen molar-refractivity contribution in [2.24, 2.45) is 0 Å². The summed E-state index contributed by atoms with van der Waals surface area (Å²) < 4.78 is 46.3. The molecule has 0 atom stereocenters. The van der Waals surface area contributed by atoms with Gasteiger partial charge in [-0.05, 0) is 24.6 Å². The zero-order chi connectivity index (χ0) is 19.9. The van der Waals surface area contributed by atoms with Gasteiger partial charge in [0.05, 0.1) is 5.56 Å². The molecule has 0 spiro atoms. The van der Waals surface area contributed by atoms with Crippen LogP contribution in [-0.2, 0) is 17.6 Å². The number of anilines is 1. The van der Waals surface area contributed by atoms with Crippen molar-refractivity contribution in [3.63, 3.8) is 0 Å². The van der Waals surface area contributed by atoms with Crippen LogP contribution in [0.25, 0.3) is 0 Å². The van der Waals surface area contributed by atoms with Crippen LogP contribution in [-0.4, -0.2) is 28.8 Å². The van der Waals surface area contributed by atoms with Gasteiger partial charge >= 0.3 is 6.18 Å². The summed E-state index contributed by atoms with van der Waals surface area (Å²) in [6, 6.07) is 5.55. The maximum absolute atomic E-state index is 12.2. The summed E-state index contributed by atoms with van der Waals surface area (Å²) in [6.45, 7) is 0.482. The third-order valence-electron chi connectivity index (χ3n) is 3.32. The Morgan fingerprint density at radius 1 is 1.37 bits per heavy atom. The zero-order valence-corrected chi connectivity index (χ0v) is 14.5.